The van der Waals surface area contributed by atoms with Crippen LogP contribution in [0.1, 0.15) is 71.7 Å². The molecule has 0 saturated heterocycles. The molecule has 10 nitrogen and oxygen atoms in total. The van der Waals surface area contributed by atoms with E-state index < -0.39 is 11.5 Å². The molecule has 0 aliphatic heterocycles. The standard InChI is InChI=1S/C18H23N7O3/c1-8-11(10(3)26)9(2)21-12(8)16(27)22-13(18(4,5)6)17-23-15(25-28-17)14-19-7-20-24-14/h7,13,21H,1-6H3,(H,22,27)(H,19,20,24). The van der Waals surface area contributed by atoms with Crippen LogP contribution in [0.25, 0.3) is 11.6 Å². The molecule has 0 aliphatic rings. The third kappa shape index (κ3) is 3.57. The SMILES string of the molecule is CC(=O)c1c(C)[nH]c(C(=O)NC(c2nc(-c3ncn[nH]3)no2)C(C)(C)C)c1C. The number of nitrogens with zero attached hydrogens (tertiary/aromatic N) is 4. The van der Waals surface area contributed by atoms with Gasteiger partial charge in [0.1, 0.15) is 18.1 Å². The summed E-state index contributed by atoms with van der Waals surface area (Å²) in [5.74, 6) is 0.427. The average molecular weight is 385 g/mol. The van der Waals surface area contributed by atoms with Crippen molar-refractivity contribution in [3.8, 4) is 11.6 Å². The van der Waals surface area contributed by atoms with E-state index in [9.17, 15) is 9.59 Å². The number of H-pyrrole nitrogens is 2. The van der Waals surface area contributed by atoms with Gasteiger partial charge < -0.3 is 14.8 Å². The predicted octanol–water partition coefficient (Wildman–Crippen LogP) is 2.52. The number of hydrogen-bond donors (Lipinski definition) is 3. The van der Waals surface area contributed by atoms with Gasteiger partial charge in [0.05, 0.1) is 0 Å². The Labute approximate surface area is 161 Å². The van der Waals surface area contributed by atoms with E-state index in [1.807, 2.05) is 20.8 Å². The van der Waals surface area contributed by atoms with Gasteiger partial charge in [-0.05, 0) is 31.7 Å². The molecule has 3 N–H and O–H groups in total. The van der Waals surface area contributed by atoms with Crippen LogP contribution < -0.4 is 5.32 Å². The molecule has 3 rings (SSSR count). The Balaban J connectivity index is 1.91. The second kappa shape index (κ2) is 7.02. The van der Waals surface area contributed by atoms with Gasteiger partial charge in [-0.2, -0.15) is 10.1 Å². The fourth-order valence-electron chi connectivity index (χ4n) is 3.12. The third-order valence-electron chi connectivity index (χ3n) is 4.47. The van der Waals surface area contributed by atoms with Crippen molar-refractivity contribution in [3.63, 3.8) is 0 Å². The molecular formula is C18H23N7O3. The molecular weight excluding hydrogens is 362 g/mol. The number of Topliss-reactive ketones (excluding diaryl/α,β-unsaturated/α-hetero) is 1. The minimum atomic E-state index is -0.562. The van der Waals surface area contributed by atoms with Gasteiger partial charge in [-0.3, -0.25) is 14.7 Å². The maximum atomic E-state index is 12.9. The second-order valence-corrected chi connectivity index (χ2v) is 7.74. The Morgan fingerprint density at radius 1 is 1.25 bits per heavy atom. The van der Waals surface area contributed by atoms with Crippen LogP contribution in [0.5, 0.6) is 0 Å². The summed E-state index contributed by atoms with van der Waals surface area (Å²) in [5.41, 5.74) is 1.73. The Hall–Kier alpha value is -3.30. The lowest BCUT2D eigenvalue weighted by Crippen LogP contribution is -2.37. The quantitative estimate of drug-likeness (QED) is 0.573. The van der Waals surface area contributed by atoms with Crippen molar-refractivity contribution in [1.82, 2.24) is 35.6 Å². The maximum absolute atomic E-state index is 12.9. The Bertz CT molecular complexity index is 1010. The van der Waals surface area contributed by atoms with E-state index in [0.29, 0.717) is 28.3 Å². The van der Waals surface area contributed by atoms with Gasteiger partial charge in [0.15, 0.2) is 11.6 Å². The highest BCUT2D eigenvalue weighted by Crippen LogP contribution is 2.33. The van der Waals surface area contributed by atoms with Gasteiger partial charge in [0, 0.05) is 11.3 Å². The zero-order chi connectivity index (χ0) is 20.6. The molecule has 3 aromatic heterocycles. The molecule has 0 aromatic carbocycles. The van der Waals surface area contributed by atoms with Crippen molar-refractivity contribution in [2.45, 2.75) is 47.6 Å². The molecule has 28 heavy (non-hydrogen) atoms. The second-order valence-electron chi connectivity index (χ2n) is 7.74. The third-order valence-corrected chi connectivity index (χ3v) is 4.47. The largest absolute Gasteiger partial charge is 0.354 e. The fourth-order valence-corrected chi connectivity index (χ4v) is 3.12. The molecule has 0 radical (unpaired) electrons. The molecule has 1 atom stereocenters. The molecule has 0 bridgehead atoms. The summed E-state index contributed by atoms with van der Waals surface area (Å²) in [6.07, 6.45) is 1.34. The minimum Gasteiger partial charge on any atom is -0.354 e. The molecule has 1 unspecified atom stereocenters. The Morgan fingerprint density at radius 2 is 1.96 bits per heavy atom. The fraction of sp³-hybridized carbons (Fsp3) is 0.444. The van der Waals surface area contributed by atoms with Crippen LogP contribution in [0.15, 0.2) is 10.9 Å². The van der Waals surface area contributed by atoms with E-state index in [0.717, 1.165) is 0 Å². The molecule has 148 valence electrons. The molecule has 3 heterocycles. The summed E-state index contributed by atoms with van der Waals surface area (Å²) in [7, 11) is 0. The topological polar surface area (TPSA) is 142 Å². The Kier molecular flexibility index (Phi) is 4.88. The van der Waals surface area contributed by atoms with E-state index in [4.69, 9.17) is 4.52 Å². The molecule has 0 saturated carbocycles. The van der Waals surface area contributed by atoms with Gasteiger partial charge in [0.2, 0.25) is 11.7 Å². The van der Waals surface area contributed by atoms with Gasteiger partial charge in [0.25, 0.3) is 5.91 Å². The van der Waals surface area contributed by atoms with Crippen molar-refractivity contribution in [1.29, 1.82) is 0 Å². The monoisotopic (exact) mass is 385 g/mol. The number of carbonyl (C=O) groups is 2. The average Bonchev–Trinajstić information content (AvgIpc) is 3.30. The first-order valence-electron chi connectivity index (χ1n) is 8.80. The smallest absolute Gasteiger partial charge is 0.268 e. The van der Waals surface area contributed by atoms with Crippen molar-refractivity contribution in [2.75, 3.05) is 0 Å². The number of ketones is 1. The van der Waals surface area contributed by atoms with Gasteiger partial charge in [-0.15, -0.1) is 0 Å². The van der Waals surface area contributed by atoms with Gasteiger partial charge in [-0.1, -0.05) is 25.9 Å². The lowest BCUT2D eigenvalue weighted by atomic mass is 9.86. The van der Waals surface area contributed by atoms with Crippen LogP contribution >= 0.6 is 0 Å². The van der Waals surface area contributed by atoms with E-state index in [2.05, 4.69) is 35.6 Å². The highest BCUT2D eigenvalue weighted by atomic mass is 16.5. The lowest BCUT2D eigenvalue weighted by molar-refractivity contribution is 0.0875. The van der Waals surface area contributed by atoms with Crippen LogP contribution in [-0.4, -0.2) is 42.0 Å². The normalized spacial score (nSPS) is 12.8. The minimum absolute atomic E-state index is 0.0914. The van der Waals surface area contributed by atoms with Crippen molar-refractivity contribution < 1.29 is 14.1 Å². The van der Waals surface area contributed by atoms with Gasteiger partial charge >= 0.3 is 0 Å². The summed E-state index contributed by atoms with van der Waals surface area (Å²) in [6, 6.07) is -0.562. The summed E-state index contributed by atoms with van der Waals surface area (Å²) >= 11 is 0. The van der Waals surface area contributed by atoms with Crippen LogP contribution in [-0.2, 0) is 0 Å². The molecule has 3 aromatic rings. The molecule has 1 amide bonds. The zero-order valence-corrected chi connectivity index (χ0v) is 16.7. The van der Waals surface area contributed by atoms with Crippen molar-refractivity contribution in [3.05, 3.63) is 34.7 Å². The summed E-state index contributed by atoms with van der Waals surface area (Å²) < 4.78 is 5.38. The molecule has 0 spiro atoms. The first kappa shape index (κ1) is 19.5. The number of amides is 1. The number of nitrogens with one attached hydrogen (secondary N) is 3. The van der Waals surface area contributed by atoms with E-state index in [1.54, 1.807) is 13.8 Å². The van der Waals surface area contributed by atoms with Crippen LogP contribution in [0.4, 0.5) is 0 Å². The van der Waals surface area contributed by atoms with E-state index in [-0.39, 0.29) is 23.4 Å². The van der Waals surface area contributed by atoms with Crippen LogP contribution in [0.2, 0.25) is 0 Å². The van der Waals surface area contributed by atoms with E-state index in [1.165, 1.54) is 13.3 Å². The summed E-state index contributed by atoms with van der Waals surface area (Å²) in [6.45, 7) is 10.8. The van der Waals surface area contributed by atoms with E-state index >= 15 is 0 Å². The highest BCUT2D eigenvalue weighted by Gasteiger charge is 2.34. The summed E-state index contributed by atoms with van der Waals surface area (Å²) in [4.78, 5) is 36.1. The van der Waals surface area contributed by atoms with Crippen LogP contribution in [0.3, 0.4) is 0 Å². The molecule has 0 aliphatic carbocycles. The Morgan fingerprint density at radius 3 is 2.50 bits per heavy atom. The molecule has 0 fully saturated rings. The molecule has 10 heteroatoms. The number of carbonyl (C=O) groups excluding carboxylic acids is 2. The number of aromatic nitrogens is 6. The van der Waals surface area contributed by atoms with Crippen LogP contribution in [0, 0.1) is 19.3 Å². The van der Waals surface area contributed by atoms with Gasteiger partial charge in [-0.25, -0.2) is 4.98 Å². The highest BCUT2D eigenvalue weighted by molar-refractivity contribution is 6.02. The van der Waals surface area contributed by atoms with Crippen molar-refractivity contribution >= 4 is 11.7 Å². The number of aromatic amines is 2. The maximum Gasteiger partial charge on any atom is 0.268 e. The summed E-state index contributed by atoms with van der Waals surface area (Å²) in [5, 5.41) is 13.3. The predicted molar refractivity (Wildman–Crippen MR) is 99.6 cm³/mol. The number of aryl methyl sites for hydroxylation is 1. The first-order chi connectivity index (χ1) is 13.1. The van der Waals surface area contributed by atoms with Crippen molar-refractivity contribution in [2.24, 2.45) is 5.41 Å². The first-order valence-corrected chi connectivity index (χ1v) is 8.80. The number of rotatable bonds is 5. The lowest BCUT2D eigenvalue weighted by Gasteiger charge is -2.28. The zero-order valence-electron chi connectivity index (χ0n) is 16.7. The number of hydrogen-bond acceptors (Lipinski definition) is 7.